The standard InChI is InChI=1S/C22H14N2O8/c25-20-11-15(6-8-18(20)23(27)28)31-14-5-4-13-2-1-3-22(17(13)10-14)32-16-7-9-19(24(29)30)21(26)12-16/h1-12,25-26H. The minimum absolute atomic E-state index is 0.200. The van der Waals surface area contributed by atoms with Crippen LogP contribution in [0.1, 0.15) is 0 Å². The number of aromatic hydroxyl groups is 2. The van der Waals surface area contributed by atoms with E-state index in [9.17, 15) is 30.4 Å². The predicted octanol–water partition coefficient (Wildman–Crippen LogP) is 5.65. The first kappa shape index (κ1) is 20.4. The molecule has 32 heavy (non-hydrogen) atoms. The molecular weight excluding hydrogens is 420 g/mol. The zero-order valence-corrected chi connectivity index (χ0v) is 16.2. The number of nitro groups is 2. The van der Waals surface area contributed by atoms with Crippen LogP contribution in [-0.4, -0.2) is 20.1 Å². The third-order valence-electron chi connectivity index (χ3n) is 4.56. The van der Waals surface area contributed by atoms with Crippen molar-refractivity contribution in [1.82, 2.24) is 0 Å². The van der Waals surface area contributed by atoms with Gasteiger partial charge in [0.25, 0.3) is 0 Å². The van der Waals surface area contributed by atoms with Crippen molar-refractivity contribution in [3.8, 4) is 34.5 Å². The van der Waals surface area contributed by atoms with Crippen molar-refractivity contribution in [2.45, 2.75) is 0 Å². The molecule has 0 unspecified atom stereocenters. The van der Waals surface area contributed by atoms with Crippen LogP contribution in [0, 0.1) is 20.2 Å². The Balaban J connectivity index is 1.65. The first-order valence-electron chi connectivity index (χ1n) is 9.15. The second kappa shape index (κ2) is 8.11. The van der Waals surface area contributed by atoms with Gasteiger partial charge in [-0.15, -0.1) is 0 Å². The molecule has 0 aliphatic rings. The molecule has 0 heterocycles. The Morgan fingerprint density at radius 1 is 0.656 bits per heavy atom. The van der Waals surface area contributed by atoms with E-state index in [4.69, 9.17) is 9.47 Å². The quantitative estimate of drug-likeness (QED) is 0.292. The minimum atomic E-state index is -0.700. The lowest BCUT2D eigenvalue weighted by atomic mass is 10.1. The number of nitro benzene ring substituents is 2. The fourth-order valence-corrected chi connectivity index (χ4v) is 3.08. The van der Waals surface area contributed by atoms with E-state index < -0.39 is 32.7 Å². The van der Waals surface area contributed by atoms with Crippen molar-refractivity contribution in [3.63, 3.8) is 0 Å². The summed E-state index contributed by atoms with van der Waals surface area (Å²) in [6, 6.07) is 17.7. The van der Waals surface area contributed by atoms with E-state index in [1.807, 2.05) is 6.07 Å². The molecule has 0 radical (unpaired) electrons. The van der Waals surface area contributed by atoms with Crippen LogP contribution in [0.5, 0.6) is 34.5 Å². The van der Waals surface area contributed by atoms with E-state index in [0.717, 1.165) is 29.7 Å². The lowest BCUT2D eigenvalue weighted by molar-refractivity contribution is -0.386. The number of hydrogen-bond donors (Lipinski definition) is 2. The monoisotopic (exact) mass is 434 g/mol. The Morgan fingerprint density at radius 3 is 1.75 bits per heavy atom. The average Bonchev–Trinajstić information content (AvgIpc) is 2.74. The van der Waals surface area contributed by atoms with E-state index >= 15 is 0 Å². The minimum Gasteiger partial charge on any atom is -0.502 e. The van der Waals surface area contributed by atoms with Gasteiger partial charge in [0.15, 0.2) is 11.5 Å². The van der Waals surface area contributed by atoms with Gasteiger partial charge < -0.3 is 19.7 Å². The molecule has 0 saturated heterocycles. The molecule has 0 saturated carbocycles. The molecule has 0 bridgehead atoms. The van der Waals surface area contributed by atoms with Crippen LogP contribution < -0.4 is 9.47 Å². The normalized spacial score (nSPS) is 10.6. The molecule has 160 valence electrons. The highest BCUT2D eigenvalue weighted by atomic mass is 16.6. The maximum absolute atomic E-state index is 10.9. The second-order valence-corrected chi connectivity index (χ2v) is 6.66. The number of phenolic OH excluding ortho intramolecular Hbond substituents is 2. The molecule has 0 aliphatic carbocycles. The smallest absolute Gasteiger partial charge is 0.310 e. The van der Waals surface area contributed by atoms with Crippen molar-refractivity contribution < 1.29 is 29.5 Å². The predicted molar refractivity (Wildman–Crippen MR) is 114 cm³/mol. The van der Waals surface area contributed by atoms with Gasteiger partial charge in [-0.3, -0.25) is 20.2 Å². The number of fused-ring (bicyclic) bond motifs is 1. The molecule has 4 aromatic rings. The summed E-state index contributed by atoms with van der Waals surface area (Å²) < 4.78 is 11.5. The SMILES string of the molecule is O=[N+]([O-])c1ccc(Oc2ccc3cccc(Oc4ccc([N+](=O)[O-])c(O)c4)c3c2)cc1O. The molecular formula is C22H14N2O8. The van der Waals surface area contributed by atoms with Gasteiger partial charge in [-0.1, -0.05) is 18.2 Å². The summed E-state index contributed by atoms with van der Waals surface area (Å²) in [4.78, 5) is 20.3. The topological polar surface area (TPSA) is 145 Å². The van der Waals surface area contributed by atoms with Crippen LogP contribution in [0.2, 0.25) is 0 Å². The molecule has 2 N–H and O–H groups in total. The van der Waals surface area contributed by atoms with E-state index in [1.165, 1.54) is 12.1 Å². The van der Waals surface area contributed by atoms with Gasteiger partial charge in [0.1, 0.15) is 23.0 Å². The third-order valence-corrected chi connectivity index (χ3v) is 4.56. The fourth-order valence-electron chi connectivity index (χ4n) is 3.08. The summed E-state index contributed by atoms with van der Waals surface area (Å²) in [5.41, 5.74) is -0.866. The summed E-state index contributed by atoms with van der Waals surface area (Å²) >= 11 is 0. The van der Waals surface area contributed by atoms with Gasteiger partial charge in [-0.25, -0.2) is 0 Å². The summed E-state index contributed by atoms with van der Waals surface area (Å²) in [5, 5.41) is 42.8. The first-order valence-corrected chi connectivity index (χ1v) is 9.15. The molecule has 4 aromatic carbocycles. The van der Waals surface area contributed by atoms with Gasteiger partial charge in [0, 0.05) is 29.7 Å². The summed E-state index contributed by atoms with van der Waals surface area (Å²) in [6.45, 7) is 0. The van der Waals surface area contributed by atoms with Gasteiger partial charge in [-0.05, 0) is 35.7 Å². The van der Waals surface area contributed by atoms with E-state index in [1.54, 1.807) is 30.3 Å². The number of benzene rings is 4. The van der Waals surface area contributed by atoms with Gasteiger partial charge >= 0.3 is 11.4 Å². The zero-order valence-electron chi connectivity index (χ0n) is 16.2. The highest BCUT2D eigenvalue weighted by Crippen LogP contribution is 2.37. The van der Waals surface area contributed by atoms with Gasteiger partial charge in [0.05, 0.1) is 9.85 Å². The Hall–Kier alpha value is -4.86. The molecule has 10 nitrogen and oxygen atoms in total. The molecule has 10 heteroatoms. The maximum atomic E-state index is 10.9. The maximum Gasteiger partial charge on any atom is 0.310 e. The van der Waals surface area contributed by atoms with Crippen LogP contribution in [-0.2, 0) is 0 Å². The highest BCUT2D eigenvalue weighted by molar-refractivity contribution is 5.89. The van der Waals surface area contributed by atoms with Crippen molar-refractivity contribution in [3.05, 3.63) is 93.0 Å². The zero-order chi connectivity index (χ0) is 22.8. The van der Waals surface area contributed by atoms with Crippen LogP contribution >= 0.6 is 0 Å². The molecule has 4 rings (SSSR count). The Kier molecular flexibility index (Phi) is 5.17. The van der Waals surface area contributed by atoms with Crippen molar-refractivity contribution in [1.29, 1.82) is 0 Å². The van der Waals surface area contributed by atoms with Crippen LogP contribution in [0.3, 0.4) is 0 Å². The van der Waals surface area contributed by atoms with Crippen LogP contribution in [0.4, 0.5) is 11.4 Å². The Bertz CT molecular complexity index is 1370. The molecule has 0 amide bonds. The molecule has 0 spiro atoms. The number of nitrogens with zero attached hydrogens (tertiary/aromatic N) is 2. The van der Waals surface area contributed by atoms with E-state index in [0.29, 0.717) is 16.9 Å². The molecule has 0 atom stereocenters. The second-order valence-electron chi connectivity index (χ2n) is 6.66. The van der Waals surface area contributed by atoms with E-state index in [2.05, 4.69) is 0 Å². The largest absolute Gasteiger partial charge is 0.502 e. The number of phenols is 2. The molecule has 0 fully saturated rings. The first-order chi connectivity index (χ1) is 15.3. The van der Waals surface area contributed by atoms with Gasteiger partial charge in [0.2, 0.25) is 0 Å². The average molecular weight is 434 g/mol. The van der Waals surface area contributed by atoms with Crippen molar-refractivity contribution in [2.75, 3.05) is 0 Å². The lowest BCUT2D eigenvalue weighted by Crippen LogP contribution is -1.91. The molecule has 0 aliphatic heterocycles. The summed E-state index contributed by atoms with van der Waals surface area (Å²) in [6.07, 6.45) is 0. The fraction of sp³-hybridized carbons (Fsp3) is 0. The lowest BCUT2D eigenvalue weighted by Gasteiger charge is -2.11. The van der Waals surface area contributed by atoms with E-state index in [-0.39, 0.29) is 11.5 Å². The molecule has 0 aromatic heterocycles. The summed E-state index contributed by atoms with van der Waals surface area (Å²) in [5.74, 6) is 0.157. The van der Waals surface area contributed by atoms with Gasteiger partial charge in [-0.2, -0.15) is 0 Å². The Morgan fingerprint density at radius 2 is 1.19 bits per heavy atom. The van der Waals surface area contributed by atoms with Crippen molar-refractivity contribution >= 4 is 22.1 Å². The number of ether oxygens (including phenoxy) is 2. The number of hydrogen-bond acceptors (Lipinski definition) is 8. The van der Waals surface area contributed by atoms with Crippen LogP contribution in [0.15, 0.2) is 72.8 Å². The summed E-state index contributed by atoms with van der Waals surface area (Å²) in [7, 11) is 0. The van der Waals surface area contributed by atoms with Crippen molar-refractivity contribution in [2.24, 2.45) is 0 Å². The number of rotatable bonds is 6. The third kappa shape index (κ3) is 4.05. The van der Waals surface area contributed by atoms with Crippen LogP contribution in [0.25, 0.3) is 10.8 Å². The highest BCUT2D eigenvalue weighted by Gasteiger charge is 2.16. The Labute approximate surface area is 179 Å².